The fourth-order valence-electron chi connectivity index (χ4n) is 1.24. The maximum atomic E-state index is 10.8. The zero-order valence-electron chi connectivity index (χ0n) is 7.38. The number of amides is 1. The van der Waals surface area contributed by atoms with Crippen LogP contribution in [-0.4, -0.2) is 22.7 Å². The normalized spacial score (nSPS) is 20.0. The molecule has 0 saturated heterocycles. The van der Waals surface area contributed by atoms with Crippen LogP contribution >= 0.6 is 0 Å². The molecule has 0 radical (unpaired) electrons. The molecule has 5 heteroatoms. The molecule has 0 spiro atoms. The Labute approximate surface area is 80.6 Å². The van der Waals surface area contributed by atoms with Gasteiger partial charge in [-0.15, -0.1) is 0 Å². The molecule has 1 unspecified atom stereocenters. The molecule has 72 valence electrons. The van der Waals surface area contributed by atoms with Crippen LogP contribution in [0.15, 0.2) is 29.7 Å². The lowest BCUT2D eigenvalue weighted by Crippen LogP contribution is -2.28. The standard InChI is InChI=1S/C9H9N3O2/c10-9(13)8-5-7(12-14-8)6-1-3-11-4-2-6/h1-4,8H,5H2,(H2,10,13). The molecular formula is C9H9N3O2. The minimum absolute atomic E-state index is 0.430. The molecule has 1 aromatic rings. The Hall–Kier alpha value is -1.91. The molecule has 2 rings (SSSR count). The van der Waals surface area contributed by atoms with Crippen LogP contribution in [0.2, 0.25) is 0 Å². The molecule has 1 aliphatic heterocycles. The van der Waals surface area contributed by atoms with Crippen LogP contribution in [0.3, 0.4) is 0 Å². The van der Waals surface area contributed by atoms with Gasteiger partial charge in [-0.25, -0.2) is 0 Å². The summed E-state index contributed by atoms with van der Waals surface area (Å²) in [5.74, 6) is -0.488. The Morgan fingerprint density at radius 2 is 2.21 bits per heavy atom. The number of nitrogens with two attached hydrogens (primary N) is 1. The highest BCUT2D eigenvalue weighted by molar-refractivity contribution is 6.03. The van der Waals surface area contributed by atoms with Crippen molar-refractivity contribution in [3.8, 4) is 0 Å². The monoisotopic (exact) mass is 191 g/mol. The quantitative estimate of drug-likeness (QED) is 0.718. The highest BCUT2D eigenvalue weighted by atomic mass is 16.6. The number of primary amides is 1. The summed E-state index contributed by atoms with van der Waals surface area (Å²) in [4.78, 5) is 19.5. The summed E-state index contributed by atoms with van der Waals surface area (Å²) in [5.41, 5.74) is 6.73. The van der Waals surface area contributed by atoms with Gasteiger partial charge in [-0.1, -0.05) is 5.16 Å². The van der Waals surface area contributed by atoms with Crippen molar-refractivity contribution in [1.29, 1.82) is 0 Å². The van der Waals surface area contributed by atoms with Crippen molar-refractivity contribution in [3.63, 3.8) is 0 Å². The Bertz CT molecular complexity index is 375. The van der Waals surface area contributed by atoms with Gasteiger partial charge in [0.1, 0.15) is 0 Å². The summed E-state index contributed by atoms with van der Waals surface area (Å²) in [6, 6.07) is 3.62. The lowest BCUT2D eigenvalue weighted by molar-refractivity contribution is -0.127. The maximum absolute atomic E-state index is 10.8. The molecule has 5 nitrogen and oxygen atoms in total. The molecule has 0 aliphatic carbocycles. The van der Waals surface area contributed by atoms with Crippen LogP contribution in [0.1, 0.15) is 12.0 Å². The van der Waals surface area contributed by atoms with Gasteiger partial charge in [-0.05, 0) is 12.1 Å². The molecule has 0 fully saturated rings. The van der Waals surface area contributed by atoms with E-state index in [-0.39, 0.29) is 0 Å². The molecule has 0 bridgehead atoms. The van der Waals surface area contributed by atoms with Gasteiger partial charge in [0, 0.05) is 24.4 Å². The van der Waals surface area contributed by atoms with Crippen LogP contribution in [0.5, 0.6) is 0 Å². The topological polar surface area (TPSA) is 77.6 Å². The molecule has 2 heterocycles. The fourth-order valence-corrected chi connectivity index (χ4v) is 1.24. The number of hydrogen-bond acceptors (Lipinski definition) is 4. The lowest BCUT2D eigenvalue weighted by atomic mass is 10.1. The van der Waals surface area contributed by atoms with Crippen molar-refractivity contribution in [2.45, 2.75) is 12.5 Å². The first kappa shape index (κ1) is 8.68. The summed E-state index contributed by atoms with van der Waals surface area (Å²) in [7, 11) is 0. The third-order valence-corrected chi connectivity index (χ3v) is 2.00. The van der Waals surface area contributed by atoms with Crippen LogP contribution < -0.4 is 5.73 Å². The fraction of sp³-hybridized carbons (Fsp3) is 0.222. The van der Waals surface area contributed by atoms with E-state index >= 15 is 0 Å². The molecule has 14 heavy (non-hydrogen) atoms. The molecule has 1 atom stereocenters. The van der Waals surface area contributed by atoms with Crippen molar-refractivity contribution in [2.24, 2.45) is 10.9 Å². The second-order valence-electron chi connectivity index (χ2n) is 2.97. The van der Waals surface area contributed by atoms with Crippen LogP contribution in [0, 0.1) is 0 Å². The van der Waals surface area contributed by atoms with E-state index in [1.807, 2.05) is 12.1 Å². The van der Waals surface area contributed by atoms with Crippen LogP contribution in [0.25, 0.3) is 0 Å². The van der Waals surface area contributed by atoms with Crippen LogP contribution in [-0.2, 0) is 9.63 Å². The Morgan fingerprint density at radius 1 is 1.50 bits per heavy atom. The smallest absolute Gasteiger partial charge is 0.261 e. The largest absolute Gasteiger partial charge is 0.382 e. The first-order chi connectivity index (χ1) is 6.77. The van der Waals surface area contributed by atoms with E-state index in [4.69, 9.17) is 10.6 Å². The average molecular weight is 191 g/mol. The van der Waals surface area contributed by atoms with E-state index in [0.29, 0.717) is 6.42 Å². The predicted octanol–water partition coefficient (Wildman–Crippen LogP) is 0.0599. The first-order valence-corrected chi connectivity index (χ1v) is 4.20. The van der Waals surface area contributed by atoms with Gasteiger partial charge in [0.25, 0.3) is 5.91 Å². The van der Waals surface area contributed by atoms with Gasteiger partial charge in [0.2, 0.25) is 6.10 Å². The summed E-state index contributed by atoms with van der Waals surface area (Å²) in [6.45, 7) is 0. The van der Waals surface area contributed by atoms with E-state index in [9.17, 15) is 4.79 Å². The minimum atomic E-state index is -0.627. The van der Waals surface area contributed by atoms with Crippen LogP contribution in [0.4, 0.5) is 0 Å². The molecular weight excluding hydrogens is 182 g/mol. The molecule has 0 saturated carbocycles. The highest BCUT2D eigenvalue weighted by Gasteiger charge is 2.26. The third-order valence-electron chi connectivity index (χ3n) is 2.00. The molecule has 1 amide bonds. The second-order valence-corrected chi connectivity index (χ2v) is 2.97. The molecule has 1 aliphatic rings. The third kappa shape index (κ3) is 1.56. The van der Waals surface area contributed by atoms with E-state index in [1.54, 1.807) is 12.4 Å². The van der Waals surface area contributed by atoms with Gasteiger partial charge >= 0.3 is 0 Å². The number of oxime groups is 1. The molecule has 1 aromatic heterocycles. The van der Waals surface area contributed by atoms with Crippen molar-refractivity contribution in [3.05, 3.63) is 30.1 Å². The number of hydrogen-bond donors (Lipinski definition) is 1. The molecule has 2 N–H and O–H groups in total. The van der Waals surface area contributed by atoms with Crippen molar-refractivity contribution in [2.75, 3.05) is 0 Å². The Kier molecular flexibility index (Phi) is 2.14. The van der Waals surface area contributed by atoms with Gasteiger partial charge in [-0.3, -0.25) is 9.78 Å². The number of carbonyl (C=O) groups excluding carboxylic acids is 1. The summed E-state index contributed by atoms with van der Waals surface area (Å²) < 4.78 is 0. The van der Waals surface area contributed by atoms with Crippen molar-refractivity contribution < 1.29 is 9.63 Å². The zero-order valence-corrected chi connectivity index (χ0v) is 7.38. The number of carbonyl (C=O) groups is 1. The highest BCUT2D eigenvalue weighted by Crippen LogP contribution is 2.15. The summed E-state index contributed by atoms with van der Waals surface area (Å²) in [5, 5.41) is 3.80. The predicted molar refractivity (Wildman–Crippen MR) is 49.5 cm³/mol. The Balaban J connectivity index is 2.13. The lowest BCUT2D eigenvalue weighted by Gasteiger charge is -2.00. The van der Waals surface area contributed by atoms with E-state index in [1.165, 1.54) is 0 Å². The van der Waals surface area contributed by atoms with Gasteiger partial charge in [0.05, 0.1) is 5.71 Å². The van der Waals surface area contributed by atoms with Gasteiger partial charge < -0.3 is 10.6 Å². The molecule has 0 aromatic carbocycles. The number of rotatable bonds is 2. The first-order valence-electron chi connectivity index (χ1n) is 4.20. The van der Waals surface area contributed by atoms with Gasteiger partial charge in [-0.2, -0.15) is 0 Å². The van der Waals surface area contributed by atoms with E-state index < -0.39 is 12.0 Å². The Morgan fingerprint density at radius 3 is 2.79 bits per heavy atom. The summed E-state index contributed by atoms with van der Waals surface area (Å²) >= 11 is 0. The second kappa shape index (κ2) is 3.45. The number of aromatic nitrogens is 1. The number of nitrogens with zero attached hydrogens (tertiary/aromatic N) is 2. The minimum Gasteiger partial charge on any atom is -0.382 e. The summed E-state index contributed by atoms with van der Waals surface area (Å²) in [6.07, 6.45) is 3.13. The van der Waals surface area contributed by atoms with Crippen molar-refractivity contribution in [1.82, 2.24) is 4.98 Å². The zero-order chi connectivity index (χ0) is 9.97. The SMILES string of the molecule is NC(=O)C1CC(c2ccncc2)=NO1. The number of pyridine rings is 1. The van der Waals surface area contributed by atoms with E-state index in [0.717, 1.165) is 11.3 Å². The maximum Gasteiger partial charge on any atom is 0.261 e. The van der Waals surface area contributed by atoms with E-state index in [2.05, 4.69) is 10.1 Å². The van der Waals surface area contributed by atoms with Crippen molar-refractivity contribution >= 4 is 11.6 Å². The van der Waals surface area contributed by atoms with Gasteiger partial charge in [0.15, 0.2) is 0 Å². The average Bonchev–Trinajstić information content (AvgIpc) is 2.68.